The summed E-state index contributed by atoms with van der Waals surface area (Å²) in [7, 11) is 0. The van der Waals surface area contributed by atoms with Crippen molar-refractivity contribution in [3.8, 4) is 0 Å². The van der Waals surface area contributed by atoms with Crippen LogP contribution in [0.4, 0.5) is 18.9 Å². The summed E-state index contributed by atoms with van der Waals surface area (Å²) in [6.45, 7) is 0.828. The molecule has 1 aliphatic rings. The average Bonchev–Trinajstić information content (AvgIpc) is 2.74. The number of halogens is 3. The average molecular weight is 273 g/mol. The van der Waals surface area contributed by atoms with Crippen LogP contribution in [0.3, 0.4) is 0 Å². The monoisotopic (exact) mass is 273 g/mol. The highest BCUT2D eigenvalue weighted by atomic mass is 19.4. The molecule has 0 aromatic heterocycles. The van der Waals surface area contributed by atoms with Gasteiger partial charge < -0.3 is 15.7 Å². The largest absolute Gasteiger partial charge is 0.417 e. The number of hydrogen-bond donors (Lipinski definition) is 3. The van der Waals surface area contributed by atoms with Crippen LogP contribution in [0.2, 0.25) is 0 Å². The minimum absolute atomic E-state index is 0.316. The zero-order valence-corrected chi connectivity index (χ0v) is 10.0. The first kappa shape index (κ1) is 13.7. The Balaban J connectivity index is 2.41. The van der Waals surface area contributed by atoms with Crippen LogP contribution in [0.1, 0.15) is 17.5 Å². The summed E-state index contributed by atoms with van der Waals surface area (Å²) >= 11 is 0. The molecule has 0 aliphatic carbocycles. The summed E-state index contributed by atoms with van der Waals surface area (Å²) in [5.41, 5.74) is 4.31. The number of aliphatic hydroxyl groups excluding tert-OH is 1. The summed E-state index contributed by atoms with van der Waals surface area (Å²) in [5.74, 6) is -0.611. The van der Waals surface area contributed by atoms with Gasteiger partial charge >= 0.3 is 6.18 Å². The second kappa shape index (κ2) is 4.73. The second-order valence-corrected chi connectivity index (χ2v) is 4.53. The van der Waals surface area contributed by atoms with Gasteiger partial charge in [-0.15, -0.1) is 0 Å². The number of rotatable bonds is 2. The number of benzene rings is 1. The molecule has 19 heavy (non-hydrogen) atoms. The molecule has 0 bridgehead atoms. The molecule has 4 nitrogen and oxygen atoms in total. The Bertz CT molecular complexity index is 501. The lowest BCUT2D eigenvalue weighted by Crippen LogP contribution is -2.23. The Labute approximate surface area is 108 Å². The maximum absolute atomic E-state index is 12.9. The fourth-order valence-electron chi connectivity index (χ4n) is 2.17. The normalized spacial score (nSPS) is 19.8. The molecule has 4 N–H and O–H groups in total. The van der Waals surface area contributed by atoms with Gasteiger partial charge in [-0.25, -0.2) is 0 Å². The number of β-amino-alcohol motifs (C(OH)–C–C–N with tert-alkyl or cyclic N) is 1. The SMILES string of the molecule is N=C(N)c1ccc(N2CCC(O)C2)cc1C(F)(F)F. The molecule has 1 aliphatic heterocycles. The van der Waals surface area contributed by atoms with Crippen LogP contribution in [-0.2, 0) is 6.18 Å². The number of hydrogen-bond acceptors (Lipinski definition) is 3. The van der Waals surface area contributed by atoms with Crippen LogP contribution in [-0.4, -0.2) is 30.1 Å². The zero-order valence-electron chi connectivity index (χ0n) is 10.0. The van der Waals surface area contributed by atoms with Crippen LogP contribution in [0.5, 0.6) is 0 Å². The Hall–Kier alpha value is -1.76. The minimum atomic E-state index is -4.56. The minimum Gasteiger partial charge on any atom is -0.391 e. The van der Waals surface area contributed by atoms with E-state index >= 15 is 0 Å². The highest BCUT2D eigenvalue weighted by Crippen LogP contribution is 2.35. The van der Waals surface area contributed by atoms with Crippen LogP contribution in [0.15, 0.2) is 18.2 Å². The predicted molar refractivity (Wildman–Crippen MR) is 65.3 cm³/mol. The molecule has 1 heterocycles. The fraction of sp³-hybridized carbons (Fsp3) is 0.417. The molecule has 0 amide bonds. The molecule has 1 fully saturated rings. The van der Waals surface area contributed by atoms with Crippen molar-refractivity contribution in [2.75, 3.05) is 18.0 Å². The highest BCUT2D eigenvalue weighted by Gasteiger charge is 2.35. The van der Waals surface area contributed by atoms with E-state index in [1.54, 1.807) is 4.90 Å². The van der Waals surface area contributed by atoms with E-state index < -0.39 is 23.7 Å². The van der Waals surface area contributed by atoms with Crippen molar-refractivity contribution >= 4 is 11.5 Å². The van der Waals surface area contributed by atoms with E-state index in [1.165, 1.54) is 12.1 Å². The van der Waals surface area contributed by atoms with Crippen molar-refractivity contribution in [3.63, 3.8) is 0 Å². The molecule has 0 spiro atoms. The molecule has 7 heteroatoms. The number of amidine groups is 1. The quantitative estimate of drug-likeness (QED) is 0.565. The highest BCUT2D eigenvalue weighted by molar-refractivity contribution is 5.97. The molecule has 1 unspecified atom stereocenters. The van der Waals surface area contributed by atoms with Gasteiger partial charge in [-0.3, -0.25) is 5.41 Å². The lowest BCUT2D eigenvalue weighted by Gasteiger charge is -2.21. The summed E-state index contributed by atoms with van der Waals surface area (Å²) in [6, 6.07) is 3.67. The van der Waals surface area contributed by atoms with Gasteiger partial charge in [-0.2, -0.15) is 13.2 Å². The van der Waals surface area contributed by atoms with Gasteiger partial charge in [0.05, 0.1) is 11.7 Å². The van der Waals surface area contributed by atoms with E-state index in [-0.39, 0.29) is 5.56 Å². The molecule has 0 saturated carbocycles. The van der Waals surface area contributed by atoms with Crippen LogP contribution >= 0.6 is 0 Å². The standard InChI is InChI=1S/C12H14F3N3O/c13-12(14,15)10-5-7(1-2-9(10)11(16)17)18-4-3-8(19)6-18/h1-2,5,8,19H,3-4,6H2,(H3,16,17). The topological polar surface area (TPSA) is 73.3 Å². The van der Waals surface area contributed by atoms with E-state index in [0.29, 0.717) is 25.2 Å². The fourth-order valence-corrected chi connectivity index (χ4v) is 2.17. The van der Waals surface area contributed by atoms with Crippen molar-refractivity contribution in [2.24, 2.45) is 5.73 Å². The van der Waals surface area contributed by atoms with E-state index in [4.69, 9.17) is 11.1 Å². The number of aliphatic hydroxyl groups is 1. The molecule has 2 rings (SSSR count). The first-order chi connectivity index (χ1) is 8.79. The van der Waals surface area contributed by atoms with E-state index in [1.807, 2.05) is 0 Å². The Kier molecular flexibility index (Phi) is 3.40. The molecule has 0 radical (unpaired) electrons. The molecule has 104 valence electrons. The third-order valence-electron chi connectivity index (χ3n) is 3.13. The number of nitrogens with zero attached hydrogens (tertiary/aromatic N) is 1. The predicted octanol–water partition coefficient (Wildman–Crippen LogP) is 1.56. The van der Waals surface area contributed by atoms with E-state index in [2.05, 4.69) is 0 Å². The van der Waals surface area contributed by atoms with Crippen LogP contribution in [0, 0.1) is 5.41 Å². The van der Waals surface area contributed by atoms with Crippen molar-refractivity contribution in [1.82, 2.24) is 0 Å². The van der Waals surface area contributed by atoms with Gasteiger partial charge in [-0.05, 0) is 24.6 Å². The second-order valence-electron chi connectivity index (χ2n) is 4.53. The third kappa shape index (κ3) is 2.81. The molecule has 1 aromatic rings. The van der Waals surface area contributed by atoms with E-state index in [0.717, 1.165) is 6.07 Å². The maximum Gasteiger partial charge on any atom is 0.417 e. The number of nitrogens with two attached hydrogens (primary N) is 1. The lowest BCUT2D eigenvalue weighted by atomic mass is 10.0. The number of alkyl halides is 3. The molecule has 1 saturated heterocycles. The molecular weight excluding hydrogens is 259 g/mol. The number of nitrogens with one attached hydrogen (secondary N) is 1. The maximum atomic E-state index is 12.9. The molecule has 1 atom stereocenters. The Morgan fingerprint density at radius 2 is 2.11 bits per heavy atom. The van der Waals surface area contributed by atoms with Crippen molar-refractivity contribution < 1.29 is 18.3 Å². The van der Waals surface area contributed by atoms with Crippen molar-refractivity contribution in [3.05, 3.63) is 29.3 Å². The van der Waals surface area contributed by atoms with E-state index in [9.17, 15) is 18.3 Å². The van der Waals surface area contributed by atoms with Crippen LogP contribution in [0.25, 0.3) is 0 Å². The first-order valence-electron chi connectivity index (χ1n) is 5.77. The van der Waals surface area contributed by atoms with Gasteiger partial charge in [0.15, 0.2) is 0 Å². The lowest BCUT2D eigenvalue weighted by molar-refractivity contribution is -0.137. The summed E-state index contributed by atoms with van der Waals surface area (Å²) < 4.78 is 38.8. The Morgan fingerprint density at radius 1 is 1.42 bits per heavy atom. The smallest absolute Gasteiger partial charge is 0.391 e. The summed E-state index contributed by atoms with van der Waals surface area (Å²) in [5, 5.41) is 16.6. The summed E-state index contributed by atoms with van der Waals surface area (Å²) in [6.07, 6.45) is -4.53. The number of anilines is 1. The third-order valence-corrected chi connectivity index (χ3v) is 3.13. The molecular formula is C12H14F3N3O. The van der Waals surface area contributed by atoms with Crippen molar-refractivity contribution in [2.45, 2.75) is 18.7 Å². The number of nitrogen functional groups attached to an aromatic ring is 1. The molecule has 1 aromatic carbocycles. The zero-order chi connectivity index (χ0) is 14.2. The van der Waals surface area contributed by atoms with Crippen LogP contribution < -0.4 is 10.6 Å². The first-order valence-corrected chi connectivity index (χ1v) is 5.77. The summed E-state index contributed by atoms with van der Waals surface area (Å²) in [4.78, 5) is 1.68. The van der Waals surface area contributed by atoms with Gasteiger partial charge in [0.1, 0.15) is 5.84 Å². The van der Waals surface area contributed by atoms with Crippen molar-refractivity contribution in [1.29, 1.82) is 5.41 Å². The Morgan fingerprint density at radius 3 is 2.58 bits per heavy atom. The van der Waals surface area contributed by atoms with Gasteiger partial charge in [0.25, 0.3) is 0 Å². The van der Waals surface area contributed by atoms with Gasteiger partial charge in [0, 0.05) is 24.3 Å². The van der Waals surface area contributed by atoms with Gasteiger partial charge in [0.2, 0.25) is 0 Å². The van der Waals surface area contributed by atoms with Gasteiger partial charge in [-0.1, -0.05) is 0 Å².